The van der Waals surface area contributed by atoms with Gasteiger partial charge in [-0.3, -0.25) is 4.79 Å². The summed E-state index contributed by atoms with van der Waals surface area (Å²) in [7, 11) is 0. The van der Waals surface area contributed by atoms with E-state index in [4.69, 9.17) is 17.3 Å². The Morgan fingerprint density at radius 1 is 1.41 bits per heavy atom. The molecular weight excluding hydrogens is 337 g/mol. The van der Waals surface area contributed by atoms with Crippen LogP contribution in [0.5, 0.6) is 5.75 Å². The van der Waals surface area contributed by atoms with Crippen LogP contribution in [0.2, 0.25) is 5.02 Å². The van der Waals surface area contributed by atoms with Gasteiger partial charge in [0.15, 0.2) is 0 Å². The Balaban J connectivity index is 0.00000441. The highest BCUT2D eigenvalue weighted by Crippen LogP contribution is 2.25. The molecule has 1 aromatic carbocycles. The Morgan fingerprint density at radius 2 is 2.00 bits per heavy atom. The minimum absolute atomic E-state index is 0. The summed E-state index contributed by atoms with van der Waals surface area (Å²) in [6.07, 6.45) is 0. The molecule has 0 radical (unpaired) electrons. The molecule has 0 spiro atoms. The smallest absolute Gasteiger partial charge is 0.387 e. The van der Waals surface area contributed by atoms with E-state index in [1.807, 2.05) is 20.8 Å². The summed E-state index contributed by atoms with van der Waals surface area (Å²) >= 11 is 5.82. The van der Waals surface area contributed by atoms with E-state index < -0.39 is 18.1 Å². The second kappa shape index (κ2) is 8.50. The van der Waals surface area contributed by atoms with Crippen LogP contribution in [-0.4, -0.2) is 18.6 Å². The molecule has 1 aromatic rings. The Morgan fingerprint density at radius 3 is 2.50 bits per heavy atom. The normalized spacial score (nSPS) is 12.5. The Bertz CT molecular complexity index is 508. The van der Waals surface area contributed by atoms with Crippen LogP contribution in [0.4, 0.5) is 8.78 Å². The molecule has 8 heteroatoms. The fourth-order valence-electron chi connectivity index (χ4n) is 1.58. The average molecular weight is 357 g/mol. The number of hydrogen-bond acceptors (Lipinski definition) is 3. The largest absolute Gasteiger partial charge is 0.434 e. The van der Waals surface area contributed by atoms with E-state index in [1.165, 1.54) is 18.2 Å². The third kappa shape index (κ3) is 6.34. The zero-order valence-electron chi connectivity index (χ0n) is 12.5. The van der Waals surface area contributed by atoms with Crippen molar-refractivity contribution < 1.29 is 18.3 Å². The van der Waals surface area contributed by atoms with Crippen molar-refractivity contribution in [3.05, 3.63) is 28.8 Å². The topological polar surface area (TPSA) is 64.4 Å². The van der Waals surface area contributed by atoms with Crippen molar-refractivity contribution in [2.45, 2.75) is 40.0 Å². The molecule has 0 aliphatic carbocycles. The number of benzene rings is 1. The number of carbonyl (C=O) groups excluding carboxylic acids is 1. The van der Waals surface area contributed by atoms with Crippen LogP contribution < -0.4 is 15.8 Å². The molecule has 0 saturated carbocycles. The fourth-order valence-corrected chi connectivity index (χ4v) is 1.78. The van der Waals surface area contributed by atoms with E-state index in [2.05, 4.69) is 10.1 Å². The Kier molecular flexibility index (Phi) is 8.07. The highest BCUT2D eigenvalue weighted by atomic mass is 35.5. The number of nitrogens with one attached hydrogen (secondary N) is 1. The lowest BCUT2D eigenvalue weighted by atomic mass is 9.87. The number of hydrogen-bond donors (Lipinski definition) is 2. The number of amides is 1. The van der Waals surface area contributed by atoms with Crippen LogP contribution in [0.25, 0.3) is 0 Å². The van der Waals surface area contributed by atoms with Gasteiger partial charge in [0.05, 0.1) is 6.04 Å². The SMILES string of the molecule is CC(C)(C)[C@H](N)C(=O)NCc1cc(Cl)ccc1OC(F)F.Cl. The van der Waals surface area contributed by atoms with E-state index in [0.717, 1.165) is 0 Å². The molecule has 0 saturated heterocycles. The lowest BCUT2D eigenvalue weighted by Gasteiger charge is -2.26. The van der Waals surface area contributed by atoms with Crippen LogP contribution in [0.3, 0.4) is 0 Å². The van der Waals surface area contributed by atoms with E-state index >= 15 is 0 Å². The second-order valence-electron chi connectivity index (χ2n) is 5.69. The van der Waals surface area contributed by atoms with Crippen LogP contribution in [0.1, 0.15) is 26.3 Å². The van der Waals surface area contributed by atoms with E-state index in [0.29, 0.717) is 10.6 Å². The maximum Gasteiger partial charge on any atom is 0.387 e. The molecule has 0 bridgehead atoms. The molecule has 1 rings (SSSR count). The number of halogens is 4. The quantitative estimate of drug-likeness (QED) is 0.850. The standard InChI is InChI=1S/C14H19ClF2N2O2.ClH/c1-14(2,3)11(18)12(20)19-7-8-6-9(15)4-5-10(8)21-13(16)17;/h4-6,11,13H,7,18H2,1-3H3,(H,19,20);1H/t11-;/m1./s1. The van der Waals surface area contributed by atoms with Crippen molar-refractivity contribution in [3.63, 3.8) is 0 Å². The molecule has 4 nitrogen and oxygen atoms in total. The van der Waals surface area contributed by atoms with Crippen molar-refractivity contribution in [3.8, 4) is 5.75 Å². The Labute approximate surface area is 139 Å². The molecule has 3 N–H and O–H groups in total. The number of rotatable bonds is 5. The summed E-state index contributed by atoms with van der Waals surface area (Å²) in [5.74, 6) is -0.399. The maximum absolute atomic E-state index is 12.3. The average Bonchev–Trinajstić information content (AvgIpc) is 2.36. The number of alkyl halides is 2. The predicted octanol–water partition coefficient (Wildman–Crippen LogP) is 3.35. The third-order valence-electron chi connectivity index (χ3n) is 2.91. The van der Waals surface area contributed by atoms with Crippen LogP contribution >= 0.6 is 24.0 Å². The van der Waals surface area contributed by atoms with Crippen molar-refractivity contribution in [2.24, 2.45) is 11.1 Å². The lowest BCUT2D eigenvalue weighted by molar-refractivity contribution is -0.124. The minimum atomic E-state index is -2.95. The van der Waals surface area contributed by atoms with Gasteiger partial charge in [0, 0.05) is 17.1 Å². The first kappa shape index (κ1) is 20.9. The molecule has 126 valence electrons. The zero-order valence-corrected chi connectivity index (χ0v) is 14.1. The highest BCUT2D eigenvalue weighted by molar-refractivity contribution is 6.30. The zero-order chi connectivity index (χ0) is 16.2. The van der Waals surface area contributed by atoms with Gasteiger partial charge in [-0.05, 0) is 23.6 Å². The molecule has 22 heavy (non-hydrogen) atoms. The van der Waals surface area contributed by atoms with E-state index in [-0.39, 0.29) is 30.6 Å². The van der Waals surface area contributed by atoms with Crippen molar-refractivity contribution in [2.75, 3.05) is 0 Å². The van der Waals surface area contributed by atoms with Gasteiger partial charge in [-0.2, -0.15) is 8.78 Å². The molecule has 0 heterocycles. The van der Waals surface area contributed by atoms with Crippen molar-refractivity contribution in [1.29, 1.82) is 0 Å². The summed E-state index contributed by atoms with van der Waals surface area (Å²) in [5.41, 5.74) is 5.77. The van der Waals surface area contributed by atoms with Crippen LogP contribution in [0.15, 0.2) is 18.2 Å². The van der Waals surface area contributed by atoms with Crippen LogP contribution in [0, 0.1) is 5.41 Å². The molecular formula is C14H20Cl2F2N2O2. The molecule has 1 atom stereocenters. The van der Waals surface area contributed by atoms with Gasteiger partial charge in [0.25, 0.3) is 0 Å². The van der Waals surface area contributed by atoms with Gasteiger partial charge in [0.2, 0.25) is 5.91 Å². The van der Waals surface area contributed by atoms with Crippen LogP contribution in [-0.2, 0) is 11.3 Å². The molecule has 0 aliphatic rings. The Hall–Kier alpha value is -1.11. The van der Waals surface area contributed by atoms with Gasteiger partial charge < -0.3 is 15.8 Å². The first-order valence-corrected chi connectivity index (χ1v) is 6.75. The maximum atomic E-state index is 12.3. The second-order valence-corrected chi connectivity index (χ2v) is 6.13. The summed E-state index contributed by atoms with van der Waals surface area (Å²) < 4.78 is 29.0. The third-order valence-corrected chi connectivity index (χ3v) is 3.14. The summed E-state index contributed by atoms with van der Waals surface area (Å²) in [4.78, 5) is 11.9. The van der Waals surface area contributed by atoms with Crippen molar-refractivity contribution in [1.82, 2.24) is 5.32 Å². The van der Waals surface area contributed by atoms with Gasteiger partial charge >= 0.3 is 6.61 Å². The fraction of sp³-hybridized carbons (Fsp3) is 0.500. The van der Waals surface area contributed by atoms with E-state index in [9.17, 15) is 13.6 Å². The number of nitrogens with two attached hydrogens (primary N) is 1. The lowest BCUT2D eigenvalue weighted by Crippen LogP contribution is -2.48. The molecule has 0 fully saturated rings. The van der Waals surface area contributed by atoms with Gasteiger partial charge in [-0.15, -0.1) is 12.4 Å². The molecule has 0 aliphatic heterocycles. The van der Waals surface area contributed by atoms with Gasteiger partial charge in [0.1, 0.15) is 5.75 Å². The van der Waals surface area contributed by atoms with Gasteiger partial charge in [-0.1, -0.05) is 32.4 Å². The van der Waals surface area contributed by atoms with E-state index in [1.54, 1.807) is 0 Å². The number of ether oxygens (including phenoxy) is 1. The molecule has 0 aromatic heterocycles. The minimum Gasteiger partial charge on any atom is -0.434 e. The molecule has 1 amide bonds. The van der Waals surface area contributed by atoms with Gasteiger partial charge in [-0.25, -0.2) is 0 Å². The summed E-state index contributed by atoms with van der Waals surface area (Å²) in [5, 5.41) is 2.96. The first-order valence-electron chi connectivity index (χ1n) is 6.38. The highest BCUT2D eigenvalue weighted by Gasteiger charge is 2.27. The predicted molar refractivity (Wildman–Crippen MR) is 84.6 cm³/mol. The first-order chi connectivity index (χ1) is 9.61. The number of carbonyl (C=O) groups is 1. The summed E-state index contributed by atoms with van der Waals surface area (Å²) in [6.45, 7) is 2.56. The summed E-state index contributed by atoms with van der Waals surface area (Å²) in [6, 6.07) is 3.52. The monoisotopic (exact) mass is 356 g/mol. The molecule has 0 unspecified atom stereocenters. The van der Waals surface area contributed by atoms with Crippen molar-refractivity contribution >= 4 is 29.9 Å².